The highest BCUT2D eigenvalue weighted by Crippen LogP contribution is 2.26. The Hall–Kier alpha value is -2.89. The molecule has 6 heteroatoms. The standard InChI is InChI=1S/C25H32N4O2/c1-19-12-15-28(16-13-19)22-11-10-20(17-26-22)18-27-25(31)24(21-7-3-2-4-8-21)29-14-6-5-9-23(29)30/h2-4,7-8,10-11,17,19,24H,5-6,9,12-16,18H2,1H3,(H,27,31). The Kier molecular flexibility index (Phi) is 6.85. The first-order valence-electron chi connectivity index (χ1n) is 11.4. The van der Waals surface area contributed by atoms with Crippen molar-refractivity contribution in [1.29, 1.82) is 0 Å². The minimum Gasteiger partial charge on any atom is -0.357 e. The van der Waals surface area contributed by atoms with E-state index in [2.05, 4.69) is 22.1 Å². The van der Waals surface area contributed by atoms with Gasteiger partial charge in [0.05, 0.1) is 0 Å². The summed E-state index contributed by atoms with van der Waals surface area (Å²) < 4.78 is 0. The van der Waals surface area contributed by atoms with Gasteiger partial charge in [0, 0.05) is 38.8 Å². The second-order valence-electron chi connectivity index (χ2n) is 8.77. The number of carbonyl (C=O) groups excluding carboxylic acids is 2. The molecule has 6 nitrogen and oxygen atoms in total. The summed E-state index contributed by atoms with van der Waals surface area (Å²) in [5.74, 6) is 1.70. The zero-order valence-electron chi connectivity index (χ0n) is 18.3. The Morgan fingerprint density at radius 3 is 2.55 bits per heavy atom. The van der Waals surface area contributed by atoms with Crippen molar-refractivity contribution in [2.75, 3.05) is 24.5 Å². The quantitative estimate of drug-likeness (QED) is 0.774. The average molecular weight is 421 g/mol. The first-order chi connectivity index (χ1) is 15.1. The molecule has 0 spiro atoms. The Morgan fingerprint density at radius 1 is 1.10 bits per heavy atom. The van der Waals surface area contributed by atoms with Crippen LogP contribution < -0.4 is 10.2 Å². The molecule has 1 N–H and O–H groups in total. The molecular weight excluding hydrogens is 388 g/mol. The van der Waals surface area contributed by atoms with Crippen molar-refractivity contribution >= 4 is 17.6 Å². The predicted molar refractivity (Wildman–Crippen MR) is 121 cm³/mol. The predicted octanol–water partition coefficient (Wildman–Crippen LogP) is 3.69. The van der Waals surface area contributed by atoms with Crippen LogP contribution in [-0.4, -0.2) is 41.3 Å². The summed E-state index contributed by atoms with van der Waals surface area (Å²) in [7, 11) is 0. The molecule has 0 saturated carbocycles. The summed E-state index contributed by atoms with van der Waals surface area (Å²) in [6.07, 6.45) is 6.59. The van der Waals surface area contributed by atoms with Crippen molar-refractivity contribution in [3.8, 4) is 0 Å². The molecule has 2 aliphatic heterocycles. The van der Waals surface area contributed by atoms with Crippen molar-refractivity contribution in [1.82, 2.24) is 15.2 Å². The molecule has 2 saturated heterocycles. The van der Waals surface area contributed by atoms with E-state index in [-0.39, 0.29) is 11.8 Å². The third-order valence-electron chi connectivity index (χ3n) is 6.42. The number of carbonyl (C=O) groups is 2. The Balaban J connectivity index is 1.41. The molecule has 0 bridgehead atoms. The fourth-order valence-electron chi connectivity index (χ4n) is 4.44. The minimum absolute atomic E-state index is 0.0529. The van der Waals surface area contributed by atoms with Crippen LogP contribution in [0.25, 0.3) is 0 Å². The summed E-state index contributed by atoms with van der Waals surface area (Å²) in [5.41, 5.74) is 1.81. The van der Waals surface area contributed by atoms with Gasteiger partial charge in [0.15, 0.2) is 0 Å². The van der Waals surface area contributed by atoms with Crippen LogP contribution in [0.1, 0.15) is 56.2 Å². The summed E-state index contributed by atoms with van der Waals surface area (Å²) in [5, 5.41) is 3.03. The number of rotatable bonds is 6. The number of piperidine rings is 2. The van der Waals surface area contributed by atoms with Crippen LogP contribution in [0.2, 0.25) is 0 Å². The number of hydrogen-bond donors (Lipinski definition) is 1. The lowest BCUT2D eigenvalue weighted by molar-refractivity contribution is -0.142. The number of benzene rings is 1. The van der Waals surface area contributed by atoms with E-state index in [0.717, 1.165) is 48.8 Å². The van der Waals surface area contributed by atoms with E-state index in [1.807, 2.05) is 48.7 Å². The lowest BCUT2D eigenvalue weighted by atomic mass is 9.99. The van der Waals surface area contributed by atoms with Gasteiger partial charge in [-0.1, -0.05) is 43.3 Å². The van der Waals surface area contributed by atoms with E-state index in [1.165, 1.54) is 12.8 Å². The number of hydrogen-bond acceptors (Lipinski definition) is 4. The van der Waals surface area contributed by atoms with E-state index >= 15 is 0 Å². The molecule has 31 heavy (non-hydrogen) atoms. The maximum absolute atomic E-state index is 13.2. The van der Waals surface area contributed by atoms with Gasteiger partial charge in [0.1, 0.15) is 11.9 Å². The van der Waals surface area contributed by atoms with Crippen LogP contribution in [0.4, 0.5) is 5.82 Å². The molecule has 1 unspecified atom stereocenters. The SMILES string of the molecule is CC1CCN(c2ccc(CNC(=O)C(c3ccccc3)N3CCCCC3=O)cn2)CC1. The van der Waals surface area contributed by atoms with Gasteiger partial charge in [-0.25, -0.2) is 4.98 Å². The van der Waals surface area contributed by atoms with Crippen LogP contribution in [-0.2, 0) is 16.1 Å². The second-order valence-corrected chi connectivity index (χ2v) is 8.77. The normalized spacial score (nSPS) is 18.7. The highest BCUT2D eigenvalue weighted by molar-refractivity contribution is 5.89. The number of aromatic nitrogens is 1. The molecule has 1 atom stereocenters. The third-order valence-corrected chi connectivity index (χ3v) is 6.42. The molecule has 2 aromatic rings. The molecule has 0 radical (unpaired) electrons. The van der Waals surface area contributed by atoms with Gasteiger partial charge in [-0.15, -0.1) is 0 Å². The first-order valence-corrected chi connectivity index (χ1v) is 11.4. The van der Waals surface area contributed by atoms with Gasteiger partial charge < -0.3 is 15.1 Å². The van der Waals surface area contributed by atoms with E-state index in [4.69, 9.17) is 0 Å². The molecule has 2 aliphatic rings. The number of nitrogens with one attached hydrogen (secondary N) is 1. The zero-order chi connectivity index (χ0) is 21.6. The monoisotopic (exact) mass is 420 g/mol. The second kappa shape index (κ2) is 9.94. The van der Waals surface area contributed by atoms with Crippen molar-refractivity contribution in [2.24, 2.45) is 5.92 Å². The Labute approximate surface area is 184 Å². The van der Waals surface area contributed by atoms with Crippen LogP contribution >= 0.6 is 0 Å². The van der Waals surface area contributed by atoms with Gasteiger partial charge in [0.2, 0.25) is 11.8 Å². The lowest BCUT2D eigenvalue weighted by Gasteiger charge is -2.34. The third kappa shape index (κ3) is 5.24. The molecule has 3 heterocycles. The number of likely N-dealkylation sites (tertiary alicyclic amines) is 1. The largest absolute Gasteiger partial charge is 0.357 e. The van der Waals surface area contributed by atoms with E-state index in [9.17, 15) is 9.59 Å². The number of pyridine rings is 1. The van der Waals surface area contributed by atoms with Crippen molar-refractivity contribution in [3.05, 3.63) is 59.8 Å². The van der Waals surface area contributed by atoms with E-state index in [0.29, 0.717) is 19.5 Å². The fourth-order valence-corrected chi connectivity index (χ4v) is 4.44. The smallest absolute Gasteiger partial charge is 0.247 e. The summed E-state index contributed by atoms with van der Waals surface area (Å²) in [6, 6.07) is 13.1. The fraction of sp³-hybridized carbons (Fsp3) is 0.480. The summed E-state index contributed by atoms with van der Waals surface area (Å²) in [4.78, 5) is 34.4. The Morgan fingerprint density at radius 2 is 1.87 bits per heavy atom. The summed E-state index contributed by atoms with van der Waals surface area (Å²) >= 11 is 0. The van der Waals surface area contributed by atoms with E-state index in [1.54, 1.807) is 4.90 Å². The maximum Gasteiger partial charge on any atom is 0.247 e. The lowest BCUT2D eigenvalue weighted by Crippen LogP contribution is -2.45. The van der Waals surface area contributed by atoms with Crippen molar-refractivity contribution in [2.45, 2.75) is 51.6 Å². The molecule has 4 rings (SSSR count). The highest BCUT2D eigenvalue weighted by Gasteiger charge is 2.32. The van der Waals surface area contributed by atoms with Crippen LogP contribution in [0, 0.1) is 5.92 Å². The van der Waals surface area contributed by atoms with Crippen LogP contribution in [0.5, 0.6) is 0 Å². The van der Waals surface area contributed by atoms with Gasteiger partial charge in [-0.2, -0.15) is 0 Å². The number of amides is 2. The van der Waals surface area contributed by atoms with Crippen LogP contribution in [0.15, 0.2) is 48.7 Å². The molecule has 2 amide bonds. The molecule has 1 aromatic carbocycles. The van der Waals surface area contributed by atoms with Crippen molar-refractivity contribution < 1.29 is 9.59 Å². The maximum atomic E-state index is 13.2. The van der Waals surface area contributed by atoms with E-state index < -0.39 is 6.04 Å². The molecule has 164 valence electrons. The molecular formula is C25H32N4O2. The van der Waals surface area contributed by atoms with Crippen LogP contribution in [0.3, 0.4) is 0 Å². The van der Waals surface area contributed by atoms with Gasteiger partial charge in [0.25, 0.3) is 0 Å². The first kappa shape index (κ1) is 21.3. The molecule has 1 aromatic heterocycles. The average Bonchev–Trinajstić information content (AvgIpc) is 2.81. The number of anilines is 1. The summed E-state index contributed by atoms with van der Waals surface area (Å²) in [6.45, 7) is 5.42. The van der Waals surface area contributed by atoms with Gasteiger partial charge in [-0.05, 0) is 48.8 Å². The number of nitrogens with zero attached hydrogens (tertiary/aromatic N) is 3. The van der Waals surface area contributed by atoms with Gasteiger partial charge >= 0.3 is 0 Å². The topological polar surface area (TPSA) is 65.5 Å². The van der Waals surface area contributed by atoms with Gasteiger partial charge in [-0.3, -0.25) is 9.59 Å². The molecule has 2 fully saturated rings. The Bertz CT molecular complexity index is 876. The van der Waals surface area contributed by atoms with Crippen molar-refractivity contribution in [3.63, 3.8) is 0 Å². The zero-order valence-corrected chi connectivity index (χ0v) is 18.3. The highest BCUT2D eigenvalue weighted by atomic mass is 16.2. The minimum atomic E-state index is -0.587. The molecule has 0 aliphatic carbocycles.